The fraction of sp³-hybridized carbons (Fsp3) is 0.333. The Balaban J connectivity index is 1.97. The van der Waals surface area contributed by atoms with Gasteiger partial charge in [0.25, 0.3) is 5.91 Å². The Hall–Kier alpha value is -1.90. The summed E-state index contributed by atoms with van der Waals surface area (Å²) in [4.78, 5) is 12.0. The summed E-state index contributed by atoms with van der Waals surface area (Å²) in [6, 6.07) is 6.43. The van der Waals surface area contributed by atoms with Gasteiger partial charge in [-0.15, -0.1) is 0 Å². The molecule has 0 bridgehead atoms. The number of hydrogen-bond acceptors (Lipinski definition) is 5. The minimum atomic E-state index is -3.72. The third-order valence-electron chi connectivity index (χ3n) is 3.45. The van der Waals surface area contributed by atoms with Crippen LogP contribution >= 0.6 is 11.6 Å². The normalized spacial score (nSPS) is 11.7. The van der Waals surface area contributed by atoms with E-state index in [0.29, 0.717) is 16.3 Å². The van der Waals surface area contributed by atoms with Crippen LogP contribution in [0.2, 0.25) is 5.02 Å². The van der Waals surface area contributed by atoms with Crippen molar-refractivity contribution < 1.29 is 17.7 Å². The molecule has 7 nitrogen and oxygen atoms in total. The van der Waals surface area contributed by atoms with Crippen molar-refractivity contribution >= 4 is 27.5 Å². The van der Waals surface area contributed by atoms with Crippen LogP contribution < -0.4 is 5.32 Å². The van der Waals surface area contributed by atoms with Gasteiger partial charge in [0.05, 0.1) is 0 Å². The number of amides is 1. The summed E-state index contributed by atoms with van der Waals surface area (Å²) >= 11 is 5.77. The number of nitrogens with zero attached hydrogens (tertiary/aromatic N) is 2. The lowest BCUT2D eigenvalue weighted by molar-refractivity contribution is 0.0952. The van der Waals surface area contributed by atoms with E-state index in [1.54, 1.807) is 38.1 Å². The summed E-state index contributed by atoms with van der Waals surface area (Å²) < 4.78 is 31.1. The van der Waals surface area contributed by atoms with Crippen LogP contribution in [0.4, 0.5) is 0 Å². The van der Waals surface area contributed by atoms with Crippen molar-refractivity contribution in [1.82, 2.24) is 14.8 Å². The highest BCUT2D eigenvalue weighted by atomic mass is 35.5. The van der Waals surface area contributed by atoms with Gasteiger partial charge in [-0.3, -0.25) is 4.79 Å². The maximum atomic E-state index is 12.5. The zero-order chi connectivity index (χ0) is 17.9. The van der Waals surface area contributed by atoms with Crippen molar-refractivity contribution in [2.45, 2.75) is 18.7 Å². The van der Waals surface area contributed by atoms with Crippen LogP contribution in [-0.4, -0.2) is 43.9 Å². The first-order chi connectivity index (χ1) is 11.2. The highest BCUT2D eigenvalue weighted by Gasteiger charge is 2.28. The third kappa shape index (κ3) is 3.95. The van der Waals surface area contributed by atoms with Crippen LogP contribution in [0.15, 0.2) is 33.7 Å². The molecule has 9 heteroatoms. The molecule has 1 aromatic heterocycles. The molecule has 0 atom stereocenters. The summed E-state index contributed by atoms with van der Waals surface area (Å²) in [6.45, 7) is 3.40. The number of sulfonamides is 1. The van der Waals surface area contributed by atoms with Crippen LogP contribution in [0.5, 0.6) is 0 Å². The van der Waals surface area contributed by atoms with E-state index in [1.807, 2.05) is 0 Å². The second kappa shape index (κ2) is 7.33. The molecule has 0 fully saturated rings. The zero-order valence-electron chi connectivity index (χ0n) is 13.5. The third-order valence-corrected chi connectivity index (χ3v) is 5.81. The molecule has 2 rings (SSSR count). The summed E-state index contributed by atoms with van der Waals surface area (Å²) in [6.07, 6.45) is 0. The average Bonchev–Trinajstić information content (AvgIpc) is 2.87. The van der Waals surface area contributed by atoms with E-state index in [-0.39, 0.29) is 29.7 Å². The SMILES string of the molecule is Cc1noc(C)c1S(=O)(=O)N(C)CCNC(=O)c1ccc(Cl)cc1. The molecule has 0 aliphatic rings. The molecule has 1 aromatic carbocycles. The molecule has 1 N–H and O–H groups in total. The Morgan fingerprint density at radius 3 is 2.46 bits per heavy atom. The van der Waals surface area contributed by atoms with E-state index in [0.717, 1.165) is 4.31 Å². The van der Waals surface area contributed by atoms with E-state index in [2.05, 4.69) is 10.5 Å². The first kappa shape index (κ1) is 18.4. The molecule has 2 aromatic rings. The van der Waals surface area contributed by atoms with Crippen molar-refractivity contribution in [3.8, 4) is 0 Å². The van der Waals surface area contributed by atoms with Gasteiger partial charge in [0.15, 0.2) is 5.76 Å². The van der Waals surface area contributed by atoms with Gasteiger partial charge in [0, 0.05) is 30.7 Å². The molecule has 0 radical (unpaired) electrons. The molecule has 24 heavy (non-hydrogen) atoms. The predicted octanol–water partition coefficient (Wildman–Crippen LogP) is 2.00. The maximum Gasteiger partial charge on any atom is 0.251 e. The monoisotopic (exact) mass is 371 g/mol. The maximum absolute atomic E-state index is 12.5. The smallest absolute Gasteiger partial charge is 0.251 e. The van der Waals surface area contributed by atoms with Gasteiger partial charge in [-0.1, -0.05) is 16.8 Å². The number of benzene rings is 1. The largest absolute Gasteiger partial charge is 0.360 e. The number of carbonyl (C=O) groups is 1. The van der Waals surface area contributed by atoms with Gasteiger partial charge in [0.2, 0.25) is 10.0 Å². The van der Waals surface area contributed by atoms with Gasteiger partial charge in [0.1, 0.15) is 10.6 Å². The number of likely N-dealkylation sites (N-methyl/N-ethyl adjacent to an activating group) is 1. The van der Waals surface area contributed by atoms with Gasteiger partial charge in [-0.25, -0.2) is 8.42 Å². The first-order valence-corrected chi connectivity index (χ1v) is 8.98. The first-order valence-electron chi connectivity index (χ1n) is 7.16. The average molecular weight is 372 g/mol. The lowest BCUT2D eigenvalue weighted by Gasteiger charge is -2.17. The topological polar surface area (TPSA) is 92.5 Å². The van der Waals surface area contributed by atoms with Gasteiger partial charge in [-0.05, 0) is 38.1 Å². The van der Waals surface area contributed by atoms with E-state index >= 15 is 0 Å². The molecule has 0 spiro atoms. The fourth-order valence-corrected chi connectivity index (χ4v) is 3.73. The molecule has 0 saturated heterocycles. The summed E-state index contributed by atoms with van der Waals surface area (Å²) in [7, 11) is -2.28. The molecule has 0 aliphatic heterocycles. The Kier molecular flexibility index (Phi) is 5.63. The highest BCUT2D eigenvalue weighted by Crippen LogP contribution is 2.21. The van der Waals surface area contributed by atoms with Crippen molar-refractivity contribution in [3.63, 3.8) is 0 Å². The van der Waals surface area contributed by atoms with Gasteiger partial charge < -0.3 is 9.84 Å². The Morgan fingerprint density at radius 1 is 1.29 bits per heavy atom. The van der Waals surface area contributed by atoms with E-state index in [9.17, 15) is 13.2 Å². The van der Waals surface area contributed by atoms with Crippen LogP contribution in [0, 0.1) is 13.8 Å². The number of hydrogen-bond donors (Lipinski definition) is 1. The molecule has 1 heterocycles. The molecule has 0 aliphatic carbocycles. The van der Waals surface area contributed by atoms with E-state index in [1.165, 1.54) is 7.05 Å². The van der Waals surface area contributed by atoms with Gasteiger partial charge in [-0.2, -0.15) is 4.31 Å². The van der Waals surface area contributed by atoms with Crippen molar-refractivity contribution in [1.29, 1.82) is 0 Å². The quantitative estimate of drug-likeness (QED) is 0.838. The number of nitrogens with one attached hydrogen (secondary N) is 1. The Labute approximate surface area is 145 Å². The Bertz CT molecular complexity index is 811. The van der Waals surface area contributed by atoms with Crippen LogP contribution in [0.1, 0.15) is 21.8 Å². The molecule has 130 valence electrons. The molecule has 0 saturated carbocycles. The van der Waals surface area contributed by atoms with Crippen molar-refractivity contribution in [3.05, 3.63) is 46.3 Å². The van der Waals surface area contributed by atoms with E-state index in [4.69, 9.17) is 16.1 Å². The lowest BCUT2D eigenvalue weighted by Crippen LogP contribution is -2.36. The molecule has 0 unspecified atom stereocenters. The lowest BCUT2D eigenvalue weighted by atomic mass is 10.2. The minimum Gasteiger partial charge on any atom is -0.360 e. The number of aryl methyl sites for hydroxylation is 2. The van der Waals surface area contributed by atoms with Crippen LogP contribution in [-0.2, 0) is 10.0 Å². The summed E-state index contributed by atoms with van der Waals surface area (Å²) in [5.41, 5.74) is 0.764. The van der Waals surface area contributed by atoms with Crippen molar-refractivity contribution in [2.75, 3.05) is 20.1 Å². The fourth-order valence-electron chi connectivity index (χ4n) is 2.15. The summed E-state index contributed by atoms with van der Waals surface area (Å²) in [5.74, 6) is -0.0562. The number of rotatable bonds is 6. The number of carbonyl (C=O) groups excluding carboxylic acids is 1. The number of halogens is 1. The second-order valence-electron chi connectivity index (χ2n) is 5.24. The molecular formula is C15H18ClN3O4S. The van der Waals surface area contributed by atoms with E-state index < -0.39 is 10.0 Å². The molecular weight excluding hydrogens is 354 g/mol. The van der Waals surface area contributed by atoms with Crippen molar-refractivity contribution in [2.24, 2.45) is 0 Å². The summed E-state index contributed by atoms with van der Waals surface area (Å²) in [5, 5.41) is 6.87. The van der Waals surface area contributed by atoms with Gasteiger partial charge >= 0.3 is 0 Å². The highest BCUT2D eigenvalue weighted by molar-refractivity contribution is 7.89. The molecule has 1 amide bonds. The zero-order valence-corrected chi connectivity index (χ0v) is 15.1. The van der Waals surface area contributed by atoms with Crippen LogP contribution in [0.3, 0.4) is 0 Å². The number of aromatic nitrogens is 1. The Morgan fingerprint density at radius 2 is 1.92 bits per heavy atom. The van der Waals surface area contributed by atoms with Crippen LogP contribution in [0.25, 0.3) is 0 Å². The minimum absolute atomic E-state index is 0.0639. The second-order valence-corrected chi connectivity index (χ2v) is 7.66. The standard InChI is InChI=1S/C15H18ClN3O4S/c1-10-14(11(2)23-18-10)24(21,22)19(3)9-8-17-15(20)12-4-6-13(16)7-5-12/h4-7H,8-9H2,1-3H3,(H,17,20). The predicted molar refractivity (Wildman–Crippen MR) is 89.6 cm³/mol.